The van der Waals surface area contributed by atoms with Gasteiger partial charge in [0.15, 0.2) is 11.5 Å². The summed E-state index contributed by atoms with van der Waals surface area (Å²) in [7, 11) is 0. The van der Waals surface area contributed by atoms with Gasteiger partial charge in [-0.2, -0.15) is 5.10 Å². The van der Waals surface area contributed by atoms with E-state index in [4.69, 9.17) is 9.47 Å². The minimum absolute atomic E-state index is 0.209. The zero-order valence-electron chi connectivity index (χ0n) is 11.3. The van der Waals surface area contributed by atoms with Crippen LogP contribution in [0.15, 0.2) is 23.3 Å². The zero-order valence-corrected chi connectivity index (χ0v) is 11.3. The van der Waals surface area contributed by atoms with Crippen LogP contribution in [-0.4, -0.2) is 18.9 Å². The van der Waals surface area contributed by atoms with Crippen molar-refractivity contribution in [1.82, 2.24) is 5.43 Å². The molecule has 3 rings (SSSR count). The molecule has 5 nitrogen and oxygen atoms in total. The largest absolute Gasteiger partial charge is 0.454 e. The maximum Gasteiger partial charge on any atom is 0.271 e. The predicted octanol–water partition coefficient (Wildman–Crippen LogP) is 2.71. The third-order valence-electron chi connectivity index (χ3n) is 3.74. The first-order chi connectivity index (χ1) is 9.83. The van der Waals surface area contributed by atoms with Gasteiger partial charge in [0.25, 0.3) is 5.91 Å². The Morgan fingerprint density at radius 3 is 2.85 bits per heavy atom. The van der Waals surface area contributed by atoms with Gasteiger partial charge >= 0.3 is 0 Å². The molecular weight excluding hydrogens is 256 g/mol. The Kier molecular flexibility index (Phi) is 3.85. The number of carbonyl (C=O) groups excluding carboxylic acids is 1. The van der Waals surface area contributed by atoms with Crippen molar-refractivity contribution in [1.29, 1.82) is 0 Å². The molecule has 2 aliphatic rings. The van der Waals surface area contributed by atoms with Crippen LogP contribution in [0.3, 0.4) is 0 Å². The van der Waals surface area contributed by atoms with Crippen LogP contribution < -0.4 is 14.9 Å². The first-order valence-corrected chi connectivity index (χ1v) is 7.06. The predicted molar refractivity (Wildman–Crippen MR) is 75.1 cm³/mol. The number of benzene rings is 1. The molecule has 1 saturated carbocycles. The molecule has 106 valence electrons. The van der Waals surface area contributed by atoms with Gasteiger partial charge in [-0.1, -0.05) is 19.3 Å². The van der Waals surface area contributed by atoms with Gasteiger partial charge < -0.3 is 9.47 Å². The highest BCUT2D eigenvalue weighted by molar-refractivity contribution is 5.95. The minimum atomic E-state index is -0.227. The van der Waals surface area contributed by atoms with Gasteiger partial charge in [0.2, 0.25) is 6.79 Å². The van der Waals surface area contributed by atoms with E-state index in [1.54, 1.807) is 18.2 Å². The Morgan fingerprint density at radius 2 is 2.00 bits per heavy atom. The number of nitrogens with one attached hydrogen (secondary N) is 1. The summed E-state index contributed by atoms with van der Waals surface area (Å²) >= 11 is 0. The maximum atomic E-state index is 12.0. The average Bonchev–Trinajstić information content (AvgIpc) is 2.95. The maximum absolute atomic E-state index is 12.0. The lowest BCUT2D eigenvalue weighted by Crippen LogP contribution is -2.19. The number of carbonyl (C=O) groups is 1. The average molecular weight is 274 g/mol. The van der Waals surface area contributed by atoms with E-state index in [0.29, 0.717) is 23.0 Å². The summed E-state index contributed by atoms with van der Waals surface area (Å²) in [6.45, 7) is 0.209. The molecule has 1 aromatic carbocycles. The van der Waals surface area contributed by atoms with E-state index in [2.05, 4.69) is 10.5 Å². The molecule has 0 radical (unpaired) electrons. The molecule has 0 atom stereocenters. The zero-order chi connectivity index (χ0) is 13.8. The van der Waals surface area contributed by atoms with Gasteiger partial charge in [0, 0.05) is 11.8 Å². The van der Waals surface area contributed by atoms with Crippen LogP contribution in [-0.2, 0) is 0 Å². The fourth-order valence-electron chi connectivity index (χ4n) is 2.59. The van der Waals surface area contributed by atoms with E-state index in [1.807, 2.05) is 6.21 Å². The lowest BCUT2D eigenvalue weighted by atomic mass is 9.90. The molecule has 0 unspecified atom stereocenters. The highest BCUT2D eigenvalue weighted by atomic mass is 16.7. The number of hydrogen-bond acceptors (Lipinski definition) is 4. The molecule has 1 amide bonds. The number of rotatable bonds is 3. The number of amides is 1. The Labute approximate surface area is 118 Å². The highest BCUT2D eigenvalue weighted by Gasteiger charge is 2.16. The number of hydrogen-bond donors (Lipinski definition) is 1. The molecule has 5 heteroatoms. The first kappa shape index (κ1) is 13.0. The molecule has 1 heterocycles. The lowest BCUT2D eigenvalue weighted by molar-refractivity contribution is 0.0954. The minimum Gasteiger partial charge on any atom is -0.454 e. The quantitative estimate of drug-likeness (QED) is 0.681. The highest BCUT2D eigenvalue weighted by Crippen LogP contribution is 2.32. The molecule has 1 N–H and O–H groups in total. The standard InChI is InChI=1S/C15H18N2O3/c18-15(17-16-9-11-4-2-1-3-5-11)12-6-7-13-14(8-12)20-10-19-13/h6-9,11H,1-5,10H2,(H,17,18)/b16-9+. The van der Waals surface area contributed by atoms with Gasteiger partial charge in [-0.05, 0) is 37.0 Å². The van der Waals surface area contributed by atoms with E-state index in [1.165, 1.54) is 32.1 Å². The molecule has 1 aliphatic heterocycles. The molecule has 1 aromatic rings. The molecule has 1 aliphatic carbocycles. The van der Waals surface area contributed by atoms with E-state index < -0.39 is 0 Å². The topological polar surface area (TPSA) is 59.9 Å². The number of nitrogens with zero attached hydrogens (tertiary/aromatic N) is 1. The van der Waals surface area contributed by atoms with Gasteiger partial charge in [-0.3, -0.25) is 4.79 Å². The lowest BCUT2D eigenvalue weighted by Gasteiger charge is -2.16. The molecule has 0 spiro atoms. The second kappa shape index (κ2) is 5.94. The van der Waals surface area contributed by atoms with Crippen molar-refractivity contribution in [2.24, 2.45) is 11.0 Å². The SMILES string of the molecule is O=C(N/N=C/C1CCCCC1)c1ccc2c(c1)OCO2. The van der Waals surface area contributed by atoms with E-state index >= 15 is 0 Å². The van der Waals surface area contributed by atoms with Crippen molar-refractivity contribution in [2.75, 3.05) is 6.79 Å². The number of ether oxygens (including phenoxy) is 2. The van der Waals surface area contributed by atoms with Crippen molar-refractivity contribution in [3.8, 4) is 11.5 Å². The third-order valence-corrected chi connectivity index (χ3v) is 3.74. The Bertz CT molecular complexity index is 522. The normalized spacial score (nSPS) is 18.4. The Balaban J connectivity index is 1.57. The Morgan fingerprint density at radius 1 is 1.20 bits per heavy atom. The summed E-state index contributed by atoms with van der Waals surface area (Å²) in [6.07, 6.45) is 8.03. The fraction of sp³-hybridized carbons (Fsp3) is 0.467. The number of fused-ring (bicyclic) bond motifs is 1. The molecular formula is C15H18N2O3. The van der Waals surface area contributed by atoms with E-state index in [0.717, 1.165) is 0 Å². The van der Waals surface area contributed by atoms with Crippen LogP contribution in [0.4, 0.5) is 0 Å². The van der Waals surface area contributed by atoms with Gasteiger partial charge in [-0.15, -0.1) is 0 Å². The van der Waals surface area contributed by atoms with Crippen LogP contribution in [0.5, 0.6) is 11.5 Å². The summed E-state index contributed by atoms with van der Waals surface area (Å²) < 4.78 is 10.5. The van der Waals surface area contributed by atoms with E-state index in [-0.39, 0.29) is 12.7 Å². The molecule has 0 aromatic heterocycles. The van der Waals surface area contributed by atoms with Gasteiger partial charge in [-0.25, -0.2) is 5.43 Å². The molecule has 0 saturated heterocycles. The monoisotopic (exact) mass is 274 g/mol. The van der Waals surface area contributed by atoms with Crippen LogP contribution in [0.1, 0.15) is 42.5 Å². The summed E-state index contributed by atoms with van der Waals surface area (Å²) in [5.41, 5.74) is 3.09. The van der Waals surface area contributed by atoms with Gasteiger partial charge in [0.05, 0.1) is 0 Å². The van der Waals surface area contributed by atoms with Crippen molar-refractivity contribution >= 4 is 12.1 Å². The van der Waals surface area contributed by atoms with Crippen molar-refractivity contribution < 1.29 is 14.3 Å². The van der Waals surface area contributed by atoms with Crippen LogP contribution in [0.2, 0.25) is 0 Å². The first-order valence-electron chi connectivity index (χ1n) is 7.06. The number of hydrazone groups is 1. The smallest absolute Gasteiger partial charge is 0.271 e. The molecule has 1 fully saturated rings. The molecule has 20 heavy (non-hydrogen) atoms. The third kappa shape index (κ3) is 2.92. The Hall–Kier alpha value is -2.04. The fourth-order valence-corrected chi connectivity index (χ4v) is 2.59. The summed E-state index contributed by atoms with van der Waals surface area (Å²) in [5.74, 6) is 1.55. The van der Waals surface area contributed by atoms with Gasteiger partial charge in [0.1, 0.15) is 0 Å². The van der Waals surface area contributed by atoms with Crippen molar-refractivity contribution in [3.63, 3.8) is 0 Å². The van der Waals surface area contributed by atoms with E-state index in [9.17, 15) is 4.79 Å². The van der Waals surface area contributed by atoms with Crippen molar-refractivity contribution in [3.05, 3.63) is 23.8 Å². The molecule has 0 bridgehead atoms. The van der Waals surface area contributed by atoms with Crippen molar-refractivity contribution in [2.45, 2.75) is 32.1 Å². The summed E-state index contributed by atoms with van der Waals surface area (Å²) in [5, 5.41) is 4.07. The summed E-state index contributed by atoms with van der Waals surface area (Å²) in [6, 6.07) is 5.12. The van der Waals surface area contributed by atoms with Crippen LogP contribution in [0, 0.1) is 5.92 Å². The summed E-state index contributed by atoms with van der Waals surface area (Å²) in [4.78, 5) is 12.0. The second-order valence-electron chi connectivity index (χ2n) is 5.19. The van der Waals surface area contributed by atoms with Crippen LogP contribution in [0.25, 0.3) is 0 Å². The second-order valence-corrected chi connectivity index (χ2v) is 5.19. The van der Waals surface area contributed by atoms with Crippen LogP contribution >= 0.6 is 0 Å².